The number of hydrogen-bond acceptors (Lipinski definition) is 4. The summed E-state index contributed by atoms with van der Waals surface area (Å²) in [6.07, 6.45) is 0. The van der Waals surface area contributed by atoms with E-state index in [0.717, 1.165) is 36.8 Å². The molecule has 1 heterocycles. The molecule has 1 amide bonds. The third-order valence-electron chi connectivity index (χ3n) is 6.45. The molecule has 0 saturated carbocycles. The molecule has 8 heteroatoms. The van der Waals surface area contributed by atoms with Crippen molar-refractivity contribution in [2.24, 2.45) is 5.73 Å². The van der Waals surface area contributed by atoms with Crippen molar-refractivity contribution in [1.82, 2.24) is 4.90 Å². The summed E-state index contributed by atoms with van der Waals surface area (Å²) in [5.41, 5.74) is 13.2. The zero-order chi connectivity index (χ0) is 33.9. The van der Waals surface area contributed by atoms with E-state index in [-0.39, 0.29) is 11.9 Å². The number of amides is 1. The highest BCUT2D eigenvalue weighted by atomic mass is 79.9. The highest BCUT2D eigenvalue weighted by molar-refractivity contribution is 9.10. The van der Waals surface area contributed by atoms with Crippen LogP contribution >= 0.6 is 47.8 Å². The largest absolute Gasteiger partial charge is 0.465 e. The van der Waals surface area contributed by atoms with Crippen LogP contribution in [0.5, 0.6) is 0 Å². The minimum Gasteiger partial charge on any atom is -0.465 e. The van der Waals surface area contributed by atoms with E-state index in [0.29, 0.717) is 30.5 Å². The Kier molecular flexibility index (Phi) is 19.6. The van der Waals surface area contributed by atoms with Crippen molar-refractivity contribution in [2.75, 3.05) is 7.11 Å². The Hall–Kier alpha value is -2.78. The zero-order valence-corrected chi connectivity index (χ0v) is 32.1. The average molecular weight is 805 g/mol. The summed E-state index contributed by atoms with van der Waals surface area (Å²) in [6, 6.07) is 28.0. The van der Waals surface area contributed by atoms with Crippen molar-refractivity contribution in [3.63, 3.8) is 0 Å². The summed E-state index contributed by atoms with van der Waals surface area (Å²) in [4.78, 5) is 25.8. The molecule has 0 aliphatic carbocycles. The topological polar surface area (TPSA) is 72.6 Å². The van der Waals surface area contributed by atoms with Crippen molar-refractivity contribution >= 4 is 59.7 Å². The number of methoxy groups -OCH3 is 1. The van der Waals surface area contributed by atoms with E-state index in [1.807, 2.05) is 119 Å². The standard InChI is InChI=1S/C16H14BrNO.C10H10Br2O2.C7H9N.2C2H6/c1-11-7-14(17)8-13-10-18(16(19)15(11)13)9-12-5-3-2-4-6-12;1-6-3-8(12)4-7(5-11)9(6)10(13)14-2;8-6-7-4-2-1-3-5-7;2*1-2/h2-8H,9-10H2,1H3;3-4H,5H2,1-2H3;1-5H,6,8H2;2*1-2H3. The number of carbonyl (C=O) groups excluding carboxylic acids is 2. The number of fused-ring (bicyclic) bond motifs is 1. The number of benzene rings is 4. The molecule has 5 rings (SSSR count). The van der Waals surface area contributed by atoms with Crippen molar-refractivity contribution in [3.05, 3.63) is 138 Å². The Labute approximate surface area is 295 Å². The van der Waals surface area contributed by atoms with Crippen molar-refractivity contribution < 1.29 is 14.3 Å². The fourth-order valence-electron chi connectivity index (χ4n) is 4.54. The van der Waals surface area contributed by atoms with Crippen molar-refractivity contribution in [2.45, 2.75) is 66.5 Å². The molecule has 4 aromatic rings. The number of ether oxygens (including phenoxy) is 1. The van der Waals surface area contributed by atoms with Crippen LogP contribution in [0.15, 0.2) is 93.9 Å². The van der Waals surface area contributed by atoms with Gasteiger partial charge in [0.25, 0.3) is 5.91 Å². The molecule has 0 radical (unpaired) electrons. The van der Waals surface area contributed by atoms with E-state index in [2.05, 4.69) is 59.9 Å². The van der Waals surface area contributed by atoms with E-state index < -0.39 is 0 Å². The molecular formula is C37H45Br3N2O3. The number of aryl methyl sites for hydroxylation is 2. The van der Waals surface area contributed by atoms with Gasteiger partial charge in [-0.2, -0.15) is 0 Å². The van der Waals surface area contributed by atoms with Gasteiger partial charge in [0.15, 0.2) is 0 Å². The number of esters is 1. The van der Waals surface area contributed by atoms with Crippen LogP contribution in [0.1, 0.15) is 81.8 Å². The number of rotatable bonds is 5. The van der Waals surface area contributed by atoms with E-state index in [4.69, 9.17) is 10.5 Å². The first-order chi connectivity index (χ1) is 21.7. The van der Waals surface area contributed by atoms with Gasteiger partial charge in [0, 0.05) is 39.5 Å². The molecule has 0 unspecified atom stereocenters. The summed E-state index contributed by atoms with van der Waals surface area (Å²) >= 11 is 10.2. The second-order valence-corrected chi connectivity index (χ2v) is 11.9. The van der Waals surface area contributed by atoms with Gasteiger partial charge in [-0.3, -0.25) is 4.79 Å². The van der Waals surface area contributed by atoms with Gasteiger partial charge >= 0.3 is 5.97 Å². The van der Waals surface area contributed by atoms with Crippen LogP contribution in [0.4, 0.5) is 0 Å². The van der Waals surface area contributed by atoms with Gasteiger partial charge in [0.2, 0.25) is 0 Å². The van der Waals surface area contributed by atoms with Crippen molar-refractivity contribution in [1.29, 1.82) is 0 Å². The summed E-state index contributed by atoms with van der Waals surface area (Å²) in [5, 5.41) is 0.637. The lowest BCUT2D eigenvalue weighted by molar-refractivity contribution is 0.0598. The Morgan fingerprint density at radius 3 is 1.82 bits per heavy atom. The predicted octanol–water partition coefficient (Wildman–Crippen LogP) is 10.6. The zero-order valence-electron chi connectivity index (χ0n) is 27.3. The third kappa shape index (κ3) is 12.5. The summed E-state index contributed by atoms with van der Waals surface area (Å²) < 4.78 is 6.73. The molecule has 0 saturated heterocycles. The number of nitrogens with zero attached hydrogens (tertiary/aromatic N) is 1. The molecule has 1 aliphatic rings. The highest BCUT2D eigenvalue weighted by Gasteiger charge is 2.29. The van der Waals surface area contributed by atoms with Gasteiger partial charge in [0.1, 0.15) is 0 Å². The average Bonchev–Trinajstić information content (AvgIpc) is 3.37. The maximum absolute atomic E-state index is 12.4. The number of halogens is 3. The van der Waals surface area contributed by atoms with Gasteiger partial charge in [-0.05, 0) is 71.5 Å². The van der Waals surface area contributed by atoms with E-state index in [1.165, 1.54) is 18.2 Å². The Morgan fingerprint density at radius 1 is 0.822 bits per heavy atom. The molecular weight excluding hydrogens is 760 g/mol. The Bertz CT molecular complexity index is 1480. The quantitative estimate of drug-likeness (QED) is 0.161. The second kappa shape index (κ2) is 21.9. The summed E-state index contributed by atoms with van der Waals surface area (Å²) in [5.74, 6) is -0.145. The molecule has 45 heavy (non-hydrogen) atoms. The first kappa shape index (κ1) is 40.2. The van der Waals surface area contributed by atoms with Crippen LogP contribution < -0.4 is 5.73 Å². The molecule has 4 aromatic carbocycles. The van der Waals surface area contributed by atoms with Gasteiger partial charge in [0.05, 0.1) is 12.7 Å². The molecule has 0 spiro atoms. The second-order valence-electron chi connectivity index (χ2n) is 9.48. The normalized spacial score (nSPS) is 10.8. The smallest absolute Gasteiger partial charge is 0.338 e. The molecule has 0 atom stereocenters. The Morgan fingerprint density at radius 2 is 1.33 bits per heavy atom. The van der Waals surface area contributed by atoms with E-state index >= 15 is 0 Å². The fraction of sp³-hybridized carbons (Fsp3) is 0.297. The molecule has 5 nitrogen and oxygen atoms in total. The van der Waals surface area contributed by atoms with Gasteiger partial charge < -0.3 is 15.4 Å². The van der Waals surface area contributed by atoms with Crippen LogP contribution in [-0.2, 0) is 29.7 Å². The number of hydrogen-bond donors (Lipinski definition) is 1. The van der Waals surface area contributed by atoms with Gasteiger partial charge in [-0.1, -0.05) is 136 Å². The molecule has 2 N–H and O–H groups in total. The highest BCUT2D eigenvalue weighted by Crippen LogP contribution is 2.30. The van der Waals surface area contributed by atoms with Crippen molar-refractivity contribution in [3.8, 4) is 0 Å². The van der Waals surface area contributed by atoms with Crippen LogP contribution in [0.25, 0.3) is 0 Å². The van der Waals surface area contributed by atoms with Crippen LogP contribution in [0.3, 0.4) is 0 Å². The van der Waals surface area contributed by atoms with E-state index in [1.54, 1.807) is 0 Å². The Balaban J connectivity index is 0.000000342. The summed E-state index contributed by atoms with van der Waals surface area (Å²) in [6.45, 7) is 13.9. The first-order valence-electron chi connectivity index (χ1n) is 15.0. The number of carbonyl (C=O) groups is 2. The lowest BCUT2D eigenvalue weighted by Crippen LogP contribution is -2.23. The monoisotopic (exact) mass is 802 g/mol. The van der Waals surface area contributed by atoms with Gasteiger partial charge in [-0.25, -0.2) is 4.79 Å². The SMILES string of the molecule is CC.CC.COC(=O)c1c(C)cc(Br)cc1CBr.Cc1cc(Br)cc2c1C(=O)N(Cc1ccccc1)C2.NCc1ccccc1. The number of nitrogens with two attached hydrogens (primary N) is 1. The minimum atomic E-state index is -0.288. The molecule has 0 fully saturated rings. The lowest BCUT2D eigenvalue weighted by Gasteiger charge is -2.15. The maximum atomic E-state index is 12.4. The maximum Gasteiger partial charge on any atom is 0.338 e. The molecule has 1 aliphatic heterocycles. The van der Waals surface area contributed by atoms with E-state index in [9.17, 15) is 9.59 Å². The first-order valence-corrected chi connectivity index (χ1v) is 17.7. The summed E-state index contributed by atoms with van der Waals surface area (Å²) in [7, 11) is 1.39. The predicted molar refractivity (Wildman–Crippen MR) is 199 cm³/mol. The van der Waals surface area contributed by atoms with Crippen LogP contribution in [0.2, 0.25) is 0 Å². The fourth-order valence-corrected chi connectivity index (χ4v) is 6.22. The minimum absolute atomic E-state index is 0.142. The number of alkyl halides is 1. The molecule has 0 bridgehead atoms. The van der Waals surface area contributed by atoms with Crippen LogP contribution in [0, 0.1) is 13.8 Å². The molecule has 242 valence electrons. The van der Waals surface area contributed by atoms with Crippen LogP contribution in [-0.4, -0.2) is 23.9 Å². The third-order valence-corrected chi connectivity index (χ3v) is 7.97. The lowest BCUT2D eigenvalue weighted by atomic mass is 10.0. The van der Waals surface area contributed by atoms with Gasteiger partial charge in [-0.15, -0.1) is 0 Å². The molecule has 0 aromatic heterocycles.